The summed E-state index contributed by atoms with van der Waals surface area (Å²) in [6, 6.07) is 7.53. The minimum Gasteiger partial charge on any atom is -0.434 e. The molecule has 2 aromatic rings. The van der Waals surface area contributed by atoms with E-state index in [1.807, 2.05) is 6.07 Å². The fraction of sp³-hybridized carbons (Fsp3) is 0.0769. The minimum atomic E-state index is -0.666. The summed E-state index contributed by atoms with van der Waals surface area (Å²) < 4.78 is 19.4. The Morgan fingerprint density at radius 2 is 2.10 bits per heavy atom. The van der Waals surface area contributed by atoms with Crippen LogP contribution in [0.25, 0.3) is 0 Å². The fourth-order valence-electron chi connectivity index (χ4n) is 1.52. The summed E-state index contributed by atoms with van der Waals surface area (Å²) in [5, 5.41) is 8.97. The maximum absolute atomic E-state index is 14.1. The molecule has 0 atom stereocenters. The normalized spacial score (nSPS) is 10.2. The van der Waals surface area contributed by atoms with Crippen molar-refractivity contribution in [1.82, 2.24) is 4.98 Å². The molecule has 102 valence electrons. The molecule has 0 radical (unpaired) electrons. The van der Waals surface area contributed by atoms with E-state index < -0.39 is 5.82 Å². The van der Waals surface area contributed by atoms with Gasteiger partial charge in [-0.2, -0.15) is 5.26 Å². The highest BCUT2D eigenvalue weighted by Crippen LogP contribution is 2.33. The van der Waals surface area contributed by atoms with Crippen LogP contribution in [0.15, 0.2) is 24.3 Å². The molecule has 0 spiro atoms. The number of rotatable bonds is 3. The maximum atomic E-state index is 14.1. The van der Waals surface area contributed by atoms with E-state index in [1.165, 1.54) is 24.3 Å². The number of hydrogen-bond acceptors (Lipinski definition) is 4. The molecule has 0 aliphatic rings. The lowest BCUT2D eigenvalue weighted by Gasteiger charge is -2.10. The first-order chi connectivity index (χ1) is 9.55. The highest BCUT2D eigenvalue weighted by atomic mass is 35.5. The van der Waals surface area contributed by atoms with E-state index >= 15 is 0 Å². The largest absolute Gasteiger partial charge is 0.434 e. The first kappa shape index (κ1) is 14.5. The Labute approximate surface area is 124 Å². The summed E-state index contributed by atoms with van der Waals surface area (Å²) in [6.45, 7) is 0.00574. The van der Waals surface area contributed by atoms with Gasteiger partial charge in [-0.1, -0.05) is 29.3 Å². The number of nitriles is 1. The number of hydrogen-bond donors (Lipinski definition) is 1. The van der Waals surface area contributed by atoms with E-state index in [0.717, 1.165) is 0 Å². The zero-order valence-electron chi connectivity index (χ0n) is 10.0. The molecule has 0 saturated carbocycles. The van der Waals surface area contributed by atoms with Gasteiger partial charge in [0.2, 0.25) is 5.88 Å². The van der Waals surface area contributed by atoms with Gasteiger partial charge < -0.3 is 10.5 Å². The SMILES string of the molecule is N#Cc1cc(Cl)nc(Oc2c(Cl)ccc(CN)c2F)c1. The van der Waals surface area contributed by atoms with Crippen molar-refractivity contribution in [2.75, 3.05) is 0 Å². The predicted octanol–water partition coefficient (Wildman–Crippen LogP) is 3.65. The maximum Gasteiger partial charge on any atom is 0.222 e. The van der Waals surface area contributed by atoms with Gasteiger partial charge in [-0.15, -0.1) is 0 Å². The third-order valence-corrected chi connectivity index (χ3v) is 2.95. The van der Waals surface area contributed by atoms with Gasteiger partial charge in [0.15, 0.2) is 11.6 Å². The van der Waals surface area contributed by atoms with Gasteiger partial charge in [0.25, 0.3) is 0 Å². The number of aromatic nitrogens is 1. The van der Waals surface area contributed by atoms with E-state index in [9.17, 15) is 4.39 Å². The van der Waals surface area contributed by atoms with E-state index in [1.54, 1.807) is 0 Å². The van der Waals surface area contributed by atoms with Gasteiger partial charge in [-0.05, 0) is 12.1 Å². The average Bonchev–Trinajstić information content (AvgIpc) is 2.43. The Kier molecular flexibility index (Phi) is 4.40. The molecule has 2 N–H and O–H groups in total. The van der Waals surface area contributed by atoms with Crippen molar-refractivity contribution < 1.29 is 9.13 Å². The van der Waals surface area contributed by atoms with Crippen molar-refractivity contribution in [3.63, 3.8) is 0 Å². The van der Waals surface area contributed by atoms with Crippen LogP contribution < -0.4 is 10.5 Å². The zero-order valence-corrected chi connectivity index (χ0v) is 11.5. The first-order valence-corrected chi connectivity index (χ1v) is 6.23. The quantitative estimate of drug-likeness (QED) is 0.878. The van der Waals surface area contributed by atoms with Gasteiger partial charge >= 0.3 is 0 Å². The first-order valence-electron chi connectivity index (χ1n) is 5.47. The lowest BCUT2D eigenvalue weighted by molar-refractivity contribution is 0.424. The van der Waals surface area contributed by atoms with Gasteiger partial charge in [-0.25, -0.2) is 9.37 Å². The Bertz CT molecular complexity index is 701. The average molecular weight is 312 g/mol. The summed E-state index contributed by atoms with van der Waals surface area (Å²) in [5.74, 6) is -0.891. The van der Waals surface area contributed by atoms with Gasteiger partial charge in [-0.3, -0.25) is 0 Å². The molecular formula is C13H8Cl2FN3O. The summed E-state index contributed by atoms with van der Waals surface area (Å²) >= 11 is 11.6. The summed E-state index contributed by atoms with van der Waals surface area (Å²) in [4.78, 5) is 3.85. The van der Waals surface area contributed by atoms with Crippen LogP contribution in [0, 0.1) is 17.1 Å². The van der Waals surface area contributed by atoms with Crippen LogP contribution >= 0.6 is 23.2 Å². The van der Waals surface area contributed by atoms with Crippen LogP contribution in [0.1, 0.15) is 11.1 Å². The number of ether oxygens (including phenoxy) is 1. The molecule has 0 bridgehead atoms. The second-order valence-electron chi connectivity index (χ2n) is 3.78. The van der Waals surface area contributed by atoms with Crippen molar-refractivity contribution in [3.05, 3.63) is 51.4 Å². The Hall–Kier alpha value is -1.87. The number of nitrogens with two attached hydrogens (primary N) is 1. The molecule has 1 aromatic heterocycles. The molecule has 1 heterocycles. The highest BCUT2D eigenvalue weighted by molar-refractivity contribution is 6.32. The smallest absolute Gasteiger partial charge is 0.222 e. The molecule has 0 fully saturated rings. The lowest BCUT2D eigenvalue weighted by Crippen LogP contribution is -2.02. The topological polar surface area (TPSA) is 71.9 Å². The molecule has 0 unspecified atom stereocenters. The third-order valence-electron chi connectivity index (χ3n) is 2.46. The van der Waals surface area contributed by atoms with Crippen LogP contribution in [0.2, 0.25) is 10.2 Å². The van der Waals surface area contributed by atoms with E-state index in [2.05, 4.69) is 4.98 Å². The number of nitrogens with zero attached hydrogens (tertiary/aromatic N) is 2. The molecular weight excluding hydrogens is 304 g/mol. The van der Waals surface area contributed by atoms with Crippen molar-refractivity contribution in [2.45, 2.75) is 6.54 Å². The van der Waals surface area contributed by atoms with Crippen molar-refractivity contribution in [2.24, 2.45) is 5.73 Å². The number of halogens is 3. The number of benzene rings is 1. The fourth-order valence-corrected chi connectivity index (χ4v) is 1.90. The van der Waals surface area contributed by atoms with Crippen molar-refractivity contribution in [3.8, 4) is 17.7 Å². The minimum absolute atomic E-state index is 0.00574. The molecule has 7 heteroatoms. The van der Waals surface area contributed by atoms with Crippen molar-refractivity contribution >= 4 is 23.2 Å². The molecule has 20 heavy (non-hydrogen) atoms. The molecule has 1 aromatic carbocycles. The van der Waals surface area contributed by atoms with Crippen LogP contribution in [0.4, 0.5) is 4.39 Å². The lowest BCUT2D eigenvalue weighted by atomic mass is 10.2. The van der Waals surface area contributed by atoms with Crippen molar-refractivity contribution in [1.29, 1.82) is 5.26 Å². The molecule has 0 aliphatic carbocycles. The van der Waals surface area contributed by atoms with E-state index in [0.29, 0.717) is 0 Å². The van der Waals surface area contributed by atoms with Gasteiger partial charge in [0, 0.05) is 18.2 Å². The number of pyridine rings is 1. The second kappa shape index (κ2) is 6.06. The second-order valence-corrected chi connectivity index (χ2v) is 4.58. The zero-order chi connectivity index (χ0) is 14.7. The summed E-state index contributed by atoms with van der Waals surface area (Å²) in [5.41, 5.74) is 5.91. The standard InChI is InChI=1S/C13H8Cl2FN3O/c14-9-2-1-8(6-18)12(16)13(9)20-11-4-7(5-17)3-10(15)19-11/h1-4H,6,18H2. The Balaban J connectivity index is 2.45. The molecule has 4 nitrogen and oxygen atoms in total. The van der Waals surface area contributed by atoms with Gasteiger partial charge in [0.1, 0.15) is 5.15 Å². The monoisotopic (exact) mass is 311 g/mol. The Morgan fingerprint density at radius 3 is 2.75 bits per heavy atom. The highest BCUT2D eigenvalue weighted by Gasteiger charge is 2.15. The summed E-state index contributed by atoms with van der Waals surface area (Å²) in [6.07, 6.45) is 0. The van der Waals surface area contributed by atoms with Crippen LogP contribution in [-0.4, -0.2) is 4.98 Å². The van der Waals surface area contributed by atoms with Crippen LogP contribution in [0.5, 0.6) is 11.6 Å². The third kappa shape index (κ3) is 2.99. The molecule has 2 rings (SSSR count). The van der Waals surface area contributed by atoms with Gasteiger partial charge in [0.05, 0.1) is 16.7 Å². The van der Waals surface area contributed by atoms with E-state index in [4.69, 9.17) is 38.9 Å². The summed E-state index contributed by atoms with van der Waals surface area (Å²) in [7, 11) is 0. The van der Waals surface area contributed by atoms with Crippen LogP contribution in [-0.2, 0) is 6.54 Å². The van der Waals surface area contributed by atoms with E-state index in [-0.39, 0.29) is 39.5 Å². The van der Waals surface area contributed by atoms with Crippen LogP contribution in [0.3, 0.4) is 0 Å². The molecule has 0 aliphatic heterocycles. The predicted molar refractivity (Wildman–Crippen MR) is 73.3 cm³/mol. The molecule has 0 saturated heterocycles. The Morgan fingerprint density at radius 1 is 1.35 bits per heavy atom. The molecule has 0 amide bonds.